The minimum atomic E-state index is -0.708. The van der Waals surface area contributed by atoms with E-state index < -0.39 is 5.60 Å². The van der Waals surface area contributed by atoms with Gasteiger partial charge in [-0.25, -0.2) is 9.97 Å². The Hall–Kier alpha value is -2.07. The first-order valence-corrected chi connectivity index (χ1v) is 9.29. The molecule has 25 heavy (non-hydrogen) atoms. The van der Waals surface area contributed by atoms with Crippen molar-refractivity contribution in [1.29, 1.82) is 0 Å². The lowest BCUT2D eigenvalue weighted by atomic mass is 10.00. The second kappa shape index (κ2) is 8.34. The highest BCUT2D eigenvalue weighted by Gasteiger charge is 2.46. The van der Waals surface area contributed by atoms with Crippen molar-refractivity contribution in [2.75, 3.05) is 6.61 Å². The van der Waals surface area contributed by atoms with Crippen molar-refractivity contribution in [3.63, 3.8) is 0 Å². The van der Waals surface area contributed by atoms with E-state index in [-0.39, 0.29) is 0 Å². The summed E-state index contributed by atoms with van der Waals surface area (Å²) in [5, 5.41) is 0. The summed E-state index contributed by atoms with van der Waals surface area (Å²) in [5.74, 6) is 0.718. The SMILES string of the molecule is CCCCCCCCc1cnc(-c2ccc([C@@]3(C=O)CO3)cc2)nc1. The smallest absolute Gasteiger partial charge is 0.171 e. The van der Waals surface area contributed by atoms with Crippen LogP contribution >= 0.6 is 0 Å². The van der Waals surface area contributed by atoms with Gasteiger partial charge in [0.1, 0.15) is 0 Å². The number of aryl methyl sites for hydroxylation is 1. The molecule has 3 rings (SSSR count). The lowest BCUT2D eigenvalue weighted by Gasteiger charge is -2.06. The highest BCUT2D eigenvalue weighted by Crippen LogP contribution is 2.36. The van der Waals surface area contributed by atoms with Crippen LogP contribution in [0.3, 0.4) is 0 Å². The molecule has 0 unspecified atom stereocenters. The summed E-state index contributed by atoms with van der Waals surface area (Å²) in [6, 6.07) is 7.74. The number of aldehydes is 1. The number of epoxide rings is 1. The number of carbonyl (C=O) groups is 1. The second-order valence-electron chi connectivity index (χ2n) is 6.81. The summed E-state index contributed by atoms with van der Waals surface area (Å²) >= 11 is 0. The fraction of sp³-hybridized carbons (Fsp3) is 0.476. The molecule has 2 heterocycles. The number of unbranched alkanes of at least 4 members (excludes halogenated alkanes) is 5. The zero-order valence-electron chi connectivity index (χ0n) is 14.9. The molecule has 4 nitrogen and oxygen atoms in total. The fourth-order valence-corrected chi connectivity index (χ4v) is 3.02. The van der Waals surface area contributed by atoms with E-state index in [4.69, 9.17) is 4.74 Å². The van der Waals surface area contributed by atoms with Gasteiger partial charge in [0.05, 0.1) is 6.61 Å². The van der Waals surface area contributed by atoms with Crippen molar-refractivity contribution >= 4 is 6.29 Å². The van der Waals surface area contributed by atoms with Crippen LogP contribution in [0, 0.1) is 0 Å². The molecule has 0 amide bonds. The number of aromatic nitrogens is 2. The van der Waals surface area contributed by atoms with Gasteiger partial charge in [-0.15, -0.1) is 0 Å². The van der Waals surface area contributed by atoms with Gasteiger partial charge in [0, 0.05) is 18.0 Å². The number of hydrogen-bond acceptors (Lipinski definition) is 4. The van der Waals surface area contributed by atoms with Gasteiger partial charge in [0.2, 0.25) is 0 Å². The number of carbonyl (C=O) groups excluding carboxylic acids is 1. The van der Waals surface area contributed by atoms with Crippen molar-refractivity contribution in [1.82, 2.24) is 9.97 Å². The molecule has 0 N–H and O–H groups in total. The molecule has 1 aromatic heterocycles. The van der Waals surface area contributed by atoms with E-state index in [1.54, 1.807) is 0 Å². The van der Waals surface area contributed by atoms with E-state index in [0.717, 1.165) is 29.7 Å². The van der Waals surface area contributed by atoms with Crippen LogP contribution in [0.15, 0.2) is 36.7 Å². The van der Waals surface area contributed by atoms with Gasteiger partial charge in [0.25, 0.3) is 0 Å². The third-order valence-corrected chi connectivity index (χ3v) is 4.80. The maximum Gasteiger partial charge on any atom is 0.171 e. The van der Waals surface area contributed by atoms with Crippen LogP contribution in [0.4, 0.5) is 0 Å². The topological polar surface area (TPSA) is 55.4 Å². The Balaban J connectivity index is 1.52. The molecule has 0 bridgehead atoms. The van der Waals surface area contributed by atoms with Crippen molar-refractivity contribution in [3.8, 4) is 11.4 Å². The first kappa shape index (κ1) is 17.7. The lowest BCUT2D eigenvalue weighted by molar-refractivity contribution is -0.112. The summed E-state index contributed by atoms with van der Waals surface area (Å²) in [6.45, 7) is 2.71. The Labute approximate surface area is 149 Å². The summed E-state index contributed by atoms with van der Waals surface area (Å²) in [5.41, 5.74) is 2.34. The molecular weight excluding hydrogens is 312 g/mol. The molecule has 1 aliphatic heterocycles. The molecule has 2 aromatic rings. The maximum absolute atomic E-state index is 11.1. The Kier molecular flexibility index (Phi) is 5.92. The van der Waals surface area contributed by atoms with Crippen molar-refractivity contribution in [2.24, 2.45) is 0 Å². The molecule has 0 spiro atoms. The number of benzene rings is 1. The van der Waals surface area contributed by atoms with Gasteiger partial charge >= 0.3 is 0 Å². The largest absolute Gasteiger partial charge is 0.356 e. The Morgan fingerprint density at radius 1 is 1.04 bits per heavy atom. The summed E-state index contributed by atoms with van der Waals surface area (Å²) in [7, 11) is 0. The van der Waals surface area contributed by atoms with E-state index in [2.05, 4.69) is 16.9 Å². The maximum atomic E-state index is 11.1. The van der Waals surface area contributed by atoms with Gasteiger partial charge in [-0.05, 0) is 24.0 Å². The monoisotopic (exact) mass is 338 g/mol. The first-order chi connectivity index (χ1) is 12.3. The standard InChI is InChI=1S/C21H26N2O2/c1-2-3-4-5-6-7-8-17-13-22-20(23-14-17)18-9-11-19(12-10-18)21(15-24)16-25-21/h9-15H,2-8,16H2,1H3/t21-/m1/s1. The van der Waals surface area contributed by atoms with Gasteiger partial charge < -0.3 is 4.74 Å². The zero-order chi connectivity index (χ0) is 17.5. The third-order valence-electron chi connectivity index (χ3n) is 4.80. The second-order valence-corrected chi connectivity index (χ2v) is 6.81. The predicted molar refractivity (Wildman–Crippen MR) is 98.2 cm³/mol. The average Bonchev–Trinajstić information content (AvgIpc) is 3.47. The van der Waals surface area contributed by atoms with E-state index >= 15 is 0 Å². The number of rotatable bonds is 10. The Morgan fingerprint density at radius 2 is 1.68 bits per heavy atom. The average molecular weight is 338 g/mol. The van der Waals surface area contributed by atoms with Crippen molar-refractivity contribution in [2.45, 2.75) is 57.5 Å². The van der Waals surface area contributed by atoms with Crippen LogP contribution < -0.4 is 0 Å². The van der Waals surface area contributed by atoms with Gasteiger partial charge in [0.15, 0.2) is 17.7 Å². The number of nitrogens with zero attached hydrogens (tertiary/aromatic N) is 2. The van der Waals surface area contributed by atoms with Crippen molar-refractivity contribution in [3.05, 3.63) is 47.8 Å². The zero-order valence-corrected chi connectivity index (χ0v) is 14.9. The Morgan fingerprint density at radius 3 is 2.28 bits per heavy atom. The van der Waals surface area contributed by atoms with Crippen molar-refractivity contribution < 1.29 is 9.53 Å². The number of hydrogen-bond donors (Lipinski definition) is 0. The van der Waals surface area contributed by atoms with Gasteiger partial charge in [-0.2, -0.15) is 0 Å². The molecule has 0 aliphatic carbocycles. The molecule has 1 fully saturated rings. The molecule has 1 aromatic carbocycles. The highest BCUT2D eigenvalue weighted by atomic mass is 16.6. The fourth-order valence-electron chi connectivity index (χ4n) is 3.02. The van der Waals surface area contributed by atoms with E-state index in [9.17, 15) is 4.79 Å². The van der Waals surface area contributed by atoms with Gasteiger partial charge in [-0.1, -0.05) is 63.3 Å². The molecular formula is C21H26N2O2. The normalized spacial score (nSPS) is 18.9. The van der Waals surface area contributed by atoms with Crippen LogP contribution in [0.5, 0.6) is 0 Å². The van der Waals surface area contributed by atoms with Crippen LogP contribution in [0.1, 0.15) is 56.6 Å². The minimum Gasteiger partial charge on any atom is -0.356 e. The van der Waals surface area contributed by atoms with Crippen LogP contribution in [0.25, 0.3) is 11.4 Å². The molecule has 1 aliphatic rings. The molecule has 1 atom stereocenters. The summed E-state index contributed by atoms with van der Waals surface area (Å²) in [6.07, 6.45) is 13.6. The quantitative estimate of drug-likeness (QED) is 0.364. The van der Waals surface area contributed by atoms with Crippen LogP contribution in [0.2, 0.25) is 0 Å². The molecule has 1 saturated heterocycles. The van der Waals surface area contributed by atoms with Crippen LogP contribution in [-0.2, 0) is 21.6 Å². The molecule has 4 heteroatoms. The van der Waals surface area contributed by atoms with E-state index in [0.29, 0.717) is 6.61 Å². The summed E-state index contributed by atoms with van der Waals surface area (Å²) in [4.78, 5) is 20.1. The minimum absolute atomic E-state index is 0.472. The first-order valence-electron chi connectivity index (χ1n) is 9.29. The lowest BCUT2D eigenvalue weighted by Crippen LogP contribution is -2.09. The third kappa shape index (κ3) is 4.51. The van der Waals surface area contributed by atoms with Gasteiger partial charge in [-0.3, -0.25) is 4.79 Å². The molecule has 0 radical (unpaired) electrons. The van der Waals surface area contributed by atoms with Crippen LogP contribution in [-0.4, -0.2) is 22.9 Å². The van der Waals surface area contributed by atoms with E-state index in [1.807, 2.05) is 36.7 Å². The Bertz CT molecular complexity index is 676. The number of ether oxygens (including phenoxy) is 1. The molecule has 0 saturated carbocycles. The van der Waals surface area contributed by atoms with E-state index in [1.165, 1.54) is 44.1 Å². The predicted octanol–water partition coefficient (Wildman–Crippen LogP) is 4.47. The highest BCUT2D eigenvalue weighted by molar-refractivity contribution is 5.70. The molecule has 132 valence electrons. The summed E-state index contributed by atoms with van der Waals surface area (Å²) < 4.78 is 5.26.